The SMILES string of the molecule is C=CC(=O)OCCOc1c2c(c(OCCOC(=O)C=C)c3c(CC)cccc13)C1CCC2C1C. The van der Waals surface area contributed by atoms with Crippen LogP contribution in [0.15, 0.2) is 43.5 Å². The van der Waals surface area contributed by atoms with Gasteiger partial charge in [-0.2, -0.15) is 0 Å². The predicted molar refractivity (Wildman–Crippen MR) is 131 cm³/mol. The largest absolute Gasteiger partial charge is 0.489 e. The molecule has 0 N–H and O–H groups in total. The highest BCUT2D eigenvalue weighted by Crippen LogP contribution is 2.64. The first-order valence-corrected chi connectivity index (χ1v) is 12.0. The van der Waals surface area contributed by atoms with Crippen LogP contribution in [0.4, 0.5) is 0 Å². The number of ether oxygens (including phenoxy) is 4. The van der Waals surface area contributed by atoms with Crippen molar-refractivity contribution in [3.8, 4) is 11.5 Å². The van der Waals surface area contributed by atoms with Gasteiger partial charge in [0.15, 0.2) is 0 Å². The molecule has 1 fully saturated rings. The van der Waals surface area contributed by atoms with Crippen molar-refractivity contribution in [1.29, 1.82) is 0 Å². The first kappa shape index (κ1) is 23.9. The lowest BCUT2D eigenvalue weighted by molar-refractivity contribution is -0.139. The van der Waals surface area contributed by atoms with Gasteiger partial charge in [0.25, 0.3) is 0 Å². The van der Waals surface area contributed by atoms with E-state index in [1.54, 1.807) is 0 Å². The summed E-state index contributed by atoms with van der Waals surface area (Å²) in [6.07, 6.45) is 5.39. The van der Waals surface area contributed by atoms with Gasteiger partial charge < -0.3 is 18.9 Å². The van der Waals surface area contributed by atoms with E-state index >= 15 is 0 Å². The minimum atomic E-state index is -0.458. The van der Waals surface area contributed by atoms with Gasteiger partial charge in [-0.05, 0) is 42.6 Å². The Bertz CT molecular complexity index is 1120. The minimum Gasteiger partial charge on any atom is -0.489 e. The van der Waals surface area contributed by atoms with Crippen molar-refractivity contribution in [2.75, 3.05) is 26.4 Å². The van der Waals surface area contributed by atoms with Crippen LogP contribution in [0.5, 0.6) is 11.5 Å². The molecular weight excluding hydrogens is 432 g/mol. The molecule has 3 atom stereocenters. The monoisotopic (exact) mass is 464 g/mol. The summed E-state index contributed by atoms with van der Waals surface area (Å²) in [6.45, 7) is 12.1. The molecule has 0 amide bonds. The van der Waals surface area contributed by atoms with Gasteiger partial charge in [-0.3, -0.25) is 0 Å². The fourth-order valence-electron chi connectivity index (χ4n) is 5.59. The Kier molecular flexibility index (Phi) is 7.25. The third-order valence-electron chi connectivity index (χ3n) is 7.06. The number of rotatable bonds is 11. The standard InChI is InChI=1S/C28H32O6/c1-5-18-9-8-10-21-24(18)28(34-16-14-32-23(30)7-3)26-20-12-11-19(17(20)4)25(26)27(21)33-15-13-31-22(29)6-2/h6-10,17,19-20H,2-3,5,11-16H2,1,4H3. The molecule has 0 spiro atoms. The molecule has 2 aromatic rings. The zero-order chi connectivity index (χ0) is 24.2. The van der Waals surface area contributed by atoms with Crippen LogP contribution in [0.3, 0.4) is 0 Å². The summed E-state index contributed by atoms with van der Waals surface area (Å²) in [7, 11) is 0. The zero-order valence-electron chi connectivity index (χ0n) is 19.9. The van der Waals surface area contributed by atoms with Gasteiger partial charge in [0.05, 0.1) is 0 Å². The maximum absolute atomic E-state index is 11.5. The lowest BCUT2D eigenvalue weighted by Crippen LogP contribution is -2.15. The van der Waals surface area contributed by atoms with Crippen LogP contribution in [-0.2, 0) is 25.5 Å². The number of aryl methyl sites for hydroxylation is 1. The number of carbonyl (C=O) groups excluding carboxylic acids is 2. The van der Waals surface area contributed by atoms with Crippen LogP contribution in [0.25, 0.3) is 10.8 Å². The Hall–Kier alpha value is -3.28. The lowest BCUT2D eigenvalue weighted by Gasteiger charge is -2.26. The first-order valence-electron chi connectivity index (χ1n) is 12.0. The molecule has 34 heavy (non-hydrogen) atoms. The molecule has 2 aromatic carbocycles. The van der Waals surface area contributed by atoms with Crippen molar-refractivity contribution in [3.05, 3.63) is 60.2 Å². The molecule has 0 aliphatic heterocycles. The molecule has 6 heteroatoms. The number of carbonyl (C=O) groups is 2. The second-order valence-electron chi connectivity index (χ2n) is 8.77. The summed E-state index contributed by atoms with van der Waals surface area (Å²) < 4.78 is 23.0. The number of hydrogen-bond donors (Lipinski definition) is 0. The summed E-state index contributed by atoms with van der Waals surface area (Å²) in [4.78, 5) is 22.9. The Morgan fingerprint density at radius 1 is 0.912 bits per heavy atom. The topological polar surface area (TPSA) is 71.1 Å². The second-order valence-corrected chi connectivity index (χ2v) is 8.77. The van der Waals surface area contributed by atoms with Gasteiger partial charge in [-0.25, -0.2) is 9.59 Å². The quantitative estimate of drug-likeness (QED) is 0.258. The van der Waals surface area contributed by atoms with Crippen molar-refractivity contribution in [3.63, 3.8) is 0 Å². The van der Waals surface area contributed by atoms with Crippen molar-refractivity contribution in [1.82, 2.24) is 0 Å². The Morgan fingerprint density at radius 3 is 2.03 bits per heavy atom. The molecule has 2 aliphatic rings. The highest BCUT2D eigenvalue weighted by Gasteiger charge is 2.48. The van der Waals surface area contributed by atoms with Gasteiger partial charge in [0, 0.05) is 34.1 Å². The van der Waals surface area contributed by atoms with Gasteiger partial charge in [0.1, 0.15) is 37.9 Å². The molecule has 0 radical (unpaired) electrons. The maximum Gasteiger partial charge on any atom is 0.330 e. The van der Waals surface area contributed by atoms with Gasteiger partial charge in [-0.1, -0.05) is 45.2 Å². The van der Waals surface area contributed by atoms with Crippen LogP contribution < -0.4 is 9.47 Å². The van der Waals surface area contributed by atoms with Gasteiger partial charge in [0.2, 0.25) is 0 Å². The Morgan fingerprint density at radius 2 is 1.47 bits per heavy atom. The molecule has 180 valence electrons. The van der Waals surface area contributed by atoms with E-state index < -0.39 is 11.9 Å². The van der Waals surface area contributed by atoms with Crippen LogP contribution in [-0.4, -0.2) is 38.4 Å². The van der Waals surface area contributed by atoms with E-state index in [9.17, 15) is 9.59 Å². The van der Waals surface area contributed by atoms with Crippen molar-refractivity contribution >= 4 is 22.7 Å². The number of fused-ring (bicyclic) bond motifs is 6. The molecule has 4 rings (SSSR count). The number of benzene rings is 2. The molecule has 3 unspecified atom stereocenters. The molecule has 1 saturated carbocycles. The summed E-state index contributed by atoms with van der Waals surface area (Å²) in [5.41, 5.74) is 3.62. The second kappa shape index (κ2) is 10.3. The normalized spacial score (nSPS) is 20.0. The van der Waals surface area contributed by atoms with E-state index in [2.05, 4.69) is 39.1 Å². The summed E-state index contributed by atoms with van der Waals surface area (Å²) in [5, 5.41) is 2.06. The average Bonchev–Trinajstić information content (AvgIpc) is 3.36. The zero-order valence-corrected chi connectivity index (χ0v) is 19.9. The highest BCUT2D eigenvalue weighted by atomic mass is 16.6. The average molecular weight is 465 g/mol. The smallest absolute Gasteiger partial charge is 0.330 e. The molecule has 0 saturated heterocycles. The minimum absolute atomic E-state index is 0.158. The predicted octanol–water partition coefficient (Wildman–Crippen LogP) is 5.23. The van der Waals surface area contributed by atoms with Crippen LogP contribution in [0, 0.1) is 5.92 Å². The number of esters is 2. The van der Waals surface area contributed by atoms with E-state index in [1.807, 2.05) is 6.07 Å². The summed E-state index contributed by atoms with van der Waals surface area (Å²) >= 11 is 0. The molecule has 6 nitrogen and oxygen atoms in total. The van der Waals surface area contributed by atoms with E-state index in [0.29, 0.717) is 17.8 Å². The Balaban J connectivity index is 1.76. The maximum atomic E-state index is 11.5. The van der Waals surface area contributed by atoms with Gasteiger partial charge >= 0.3 is 11.9 Å². The van der Waals surface area contributed by atoms with Crippen LogP contribution in [0.1, 0.15) is 55.2 Å². The van der Waals surface area contributed by atoms with Crippen LogP contribution in [0.2, 0.25) is 0 Å². The lowest BCUT2D eigenvalue weighted by atomic mass is 9.85. The summed E-state index contributed by atoms with van der Waals surface area (Å²) in [5.74, 6) is 2.16. The third-order valence-corrected chi connectivity index (χ3v) is 7.06. The molecule has 2 aliphatic carbocycles. The third kappa shape index (κ3) is 4.29. The molecular formula is C28H32O6. The van der Waals surface area contributed by atoms with E-state index in [4.69, 9.17) is 18.9 Å². The molecule has 2 bridgehead atoms. The van der Waals surface area contributed by atoms with E-state index in [-0.39, 0.29) is 26.4 Å². The van der Waals surface area contributed by atoms with Crippen molar-refractivity contribution < 1.29 is 28.5 Å². The van der Waals surface area contributed by atoms with Gasteiger partial charge in [-0.15, -0.1) is 0 Å². The van der Waals surface area contributed by atoms with E-state index in [0.717, 1.165) is 53.7 Å². The Labute approximate surface area is 200 Å². The van der Waals surface area contributed by atoms with Crippen molar-refractivity contribution in [2.24, 2.45) is 5.92 Å². The first-order chi connectivity index (χ1) is 16.5. The fourth-order valence-corrected chi connectivity index (χ4v) is 5.59. The van der Waals surface area contributed by atoms with E-state index in [1.165, 1.54) is 16.7 Å². The fraction of sp³-hybridized carbons (Fsp3) is 0.429. The molecule has 0 heterocycles. The summed E-state index contributed by atoms with van der Waals surface area (Å²) in [6, 6.07) is 6.23. The molecule has 0 aromatic heterocycles. The highest BCUT2D eigenvalue weighted by molar-refractivity contribution is 5.99. The number of hydrogen-bond acceptors (Lipinski definition) is 6. The van der Waals surface area contributed by atoms with Crippen LogP contribution >= 0.6 is 0 Å². The van der Waals surface area contributed by atoms with Crippen molar-refractivity contribution in [2.45, 2.75) is 44.9 Å².